The average Bonchev–Trinajstić information content (AvgIpc) is 2.63. The fourth-order valence-corrected chi connectivity index (χ4v) is 1.46. The van der Waals surface area contributed by atoms with Crippen LogP contribution < -0.4 is 5.32 Å². The maximum atomic E-state index is 4.98. The van der Waals surface area contributed by atoms with E-state index in [1.54, 1.807) is 7.11 Å². The van der Waals surface area contributed by atoms with Crippen LogP contribution >= 0.6 is 0 Å². The summed E-state index contributed by atoms with van der Waals surface area (Å²) in [5.41, 5.74) is 0. The molecule has 15 heavy (non-hydrogen) atoms. The number of hydrogen-bond donors (Lipinski definition) is 1. The first kappa shape index (κ1) is 12.2. The number of unbranched alkanes of at least 4 members (excludes halogenated alkanes) is 1. The zero-order valence-electron chi connectivity index (χ0n) is 9.70. The molecule has 4 heteroatoms. The molecule has 0 amide bonds. The summed E-state index contributed by atoms with van der Waals surface area (Å²) < 4.78 is 7.14. The fraction of sp³-hybridized carbons (Fsp3) is 0.727. The molecule has 4 nitrogen and oxygen atoms in total. The van der Waals surface area contributed by atoms with E-state index in [0.717, 1.165) is 38.5 Å². The lowest BCUT2D eigenvalue weighted by molar-refractivity contribution is 0.192. The standard InChI is InChI=1S/C11H21N3O/c1-11-13-7-9-14(11)8-6-12-5-3-4-10-15-2/h7,9,12H,3-6,8,10H2,1-2H3. The van der Waals surface area contributed by atoms with Gasteiger partial charge in [0.15, 0.2) is 0 Å². The van der Waals surface area contributed by atoms with E-state index in [1.807, 2.05) is 19.3 Å². The minimum atomic E-state index is 0.863. The Balaban J connectivity index is 1.96. The summed E-state index contributed by atoms with van der Waals surface area (Å²) in [4.78, 5) is 4.17. The van der Waals surface area contributed by atoms with Crippen LogP contribution in [0.15, 0.2) is 12.4 Å². The van der Waals surface area contributed by atoms with E-state index in [4.69, 9.17) is 4.74 Å². The zero-order valence-corrected chi connectivity index (χ0v) is 9.70. The summed E-state index contributed by atoms with van der Waals surface area (Å²) in [5, 5.41) is 3.41. The van der Waals surface area contributed by atoms with Crippen molar-refractivity contribution in [1.82, 2.24) is 14.9 Å². The van der Waals surface area contributed by atoms with Gasteiger partial charge < -0.3 is 14.6 Å². The normalized spacial score (nSPS) is 10.8. The predicted molar refractivity (Wildman–Crippen MR) is 60.9 cm³/mol. The molecule has 0 aliphatic heterocycles. The molecule has 1 rings (SSSR count). The van der Waals surface area contributed by atoms with Crippen molar-refractivity contribution < 1.29 is 4.74 Å². The second-order valence-electron chi connectivity index (χ2n) is 3.62. The monoisotopic (exact) mass is 211 g/mol. The number of methoxy groups -OCH3 is 1. The van der Waals surface area contributed by atoms with Gasteiger partial charge in [0.25, 0.3) is 0 Å². The van der Waals surface area contributed by atoms with E-state index in [9.17, 15) is 0 Å². The smallest absolute Gasteiger partial charge is 0.105 e. The molecule has 0 radical (unpaired) electrons. The van der Waals surface area contributed by atoms with E-state index in [1.165, 1.54) is 6.42 Å². The van der Waals surface area contributed by atoms with Crippen molar-refractivity contribution in [3.05, 3.63) is 18.2 Å². The highest BCUT2D eigenvalue weighted by Gasteiger charge is 1.95. The molecule has 0 spiro atoms. The maximum absolute atomic E-state index is 4.98. The van der Waals surface area contributed by atoms with Crippen molar-refractivity contribution in [2.75, 3.05) is 26.8 Å². The van der Waals surface area contributed by atoms with Crippen LogP contribution in [0.4, 0.5) is 0 Å². The summed E-state index contributed by atoms with van der Waals surface area (Å²) in [5.74, 6) is 1.08. The summed E-state index contributed by atoms with van der Waals surface area (Å²) in [6, 6.07) is 0. The number of hydrogen-bond acceptors (Lipinski definition) is 3. The van der Waals surface area contributed by atoms with E-state index in [0.29, 0.717) is 0 Å². The second-order valence-corrected chi connectivity index (χ2v) is 3.62. The molecule has 0 saturated heterocycles. The highest BCUT2D eigenvalue weighted by atomic mass is 16.5. The average molecular weight is 211 g/mol. The van der Waals surface area contributed by atoms with Crippen molar-refractivity contribution in [3.63, 3.8) is 0 Å². The van der Waals surface area contributed by atoms with Crippen molar-refractivity contribution in [2.45, 2.75) is 26.3 Å². The quantitative estimate of drug-likeness (QED) is 0.657. The van der Waals surface area contributed by atoms with Gasteiger partial charge in [-0.05, 0) is 26.3 Å². The van der Waals surface area contributed by atoms with Crippen LogP contribution in [-0.2, 0) is 11.3 Å². The van der Waals surface area contributed by atoms with Gasteiger partial charge in [0.05, 0.1) is 0 Å². The van der Waals surface area contributed by atoms with Crippen LogP contribution in [0, 0.1) is 6.92 Å². The van der Waals surface area contributed by atoms with Crippen LogP contribution in [0.1, 0.15) is 18.7 Å². The zero-order chi connectivity index (χ0) is 10.9. The van der Waals surface area contributed by atoms with E-state index >= 15 is 0 Å². The first-order valence-corrected chi connectivity index (χ1v) is 5.52. The molecule has 0 saturated carbocycles. The molecule has 1 N–H and O–H groups in total. The van der Waals surface area contributed by atoms with Gasteiger partial charge in [-0.2, -0.15) is 0 Å². The van der Waals surface area contributed by atoms with Gasteiger partial charge in [-0.15, -0.1) is 0 Å². The van der Waals surface area contributed by atoms with Gasteiger partial charge in [0.1, 0.15) is 5.82 Å². The van der Waals surface area contributed by atoms with Crippen molar-refractivity contribution in [3.8, 4) is 0 Å². The largest absolute Gasteiger partial charge is 0.385 e. The molecule has 1 aromatic heterocycles. The maximum Gasteiger partial charge on any atom is 0.105 e. The molecule has 0 unspecified atom stereocenters. The third-order valence-corrected chi connectivity index (χ3v) is 2.41. The highest BCUT2D eigenvalue weighted by molar-refractivity contribution is 4.88. The molecule has 0 atom stereocenters. The van der Waals surface area contributed by atoms with Crippen LogP contribution in [0.3, 0.4) is 0 Å². The van der Waals surface area contributed by atoms with E-state index in [-0.39, 0.29) is 0 Å². The van der Waals surface area contributed by atoms with Gasteiger partial charge in [-0.3, -0.25) is 0 Å². The molecule has 0 aliphatic rings. The summed E-state index contributed by atoms with van der Waals surface area (Å²) in [7, 11) is 1.75. The fourth-order valence-electron chi connectivity index (χ4n) is 1.46. The number of nitrogens with one attached hydrogen (secondary N) is 1. The van der Waals surface area contributed by atoms with Gasteiger partial charge in [-0.25, -0.2) is 4.98 Å². The molecule has 0 bridgehead atoms. The summed E-state index contributed by atoms with van der Waals surface area (Å²) in [6.07, 6.45) is 6.17. The highest BCUT2D eigenvalue weighted by Crippen LogP contribution is 1.93. The van der Waals surface area contributed by atoms with Crippen molar-refractivity contribution >= 4 is 0 Å². The third-order valence-electron chi connectivity index (χ3n) is 2.41. The van der Waals surface area contributed by atoms with E-state index < -0.39 is 0 Å². The molecular formula is C11H21N3O. The van der Waals surface area contributed by atoms with Crippen molar-refractivity contribution in [1.29, 1.82) is 0 Å². The number of nitrogens with zero attached hydrogens (tertiary/aromatic N) is 2. The van der Waals surface area contributed by atoms with Crippen LogP contribution in [0.2, 0.25) is 0 Å². The molecular weight excluding hydrogens is 190 g/mol. The lowest BCUT2D eigenvalue weighted by Gasteiger charge is -2.06. The predicted octanol–water partition coefficient (Wildman–Crippen LogP) is 1.21. The summed E-state index contributed by atoms with van der Waals surface area (Å²) in [6.45, 7) is 5.96. The topological polar surface area (TPSA) is 39.1 Å². The van der Waals surface area contributed by atoms with Gasteiger partial charge >= 0.3 is 0 Å². The Morgan fingerprint density at radius 3 is 2.93 bits per heavy atom. The van der Waals surface area contributed by atoms with Gasteiger partial charge in [0.2, 0.25) is 0 Å². The lowest BCUT2D eigenvalue weighted by atomic mass is 10.3. The number of aryl methyl sites for hydroxylation is 1. The van der Waals surface area contributed by atoms with E-state index in [2.05, 4.69) is 14.9 Å². The molecule has 86 valence electrons. The Morgan fingerprint density at radius 1 is 1.40 bits per heavy atom. The second kappa shape index (κ2) is 7.43. The number of rotatable bonds is 8. The minimum absolute atomic E-state index is 0.863. The first-order chi connectivity index (χ1) is 7.34. The number of aromatic nitrogens is 2. The first-order valence-electron chi connectivity index (χ1n) is 5.52. The molecule has 0 aliphatic carbocycles. The van der Waals surface area contributed by atoms with Gasteiger partial charge in [0, 0.05) is 39.2 Å². The Kier molecular flexibility index (Phi) is 6.04. The molecule has 1 heterocycles. The Labute approximate surface area is 91.7 Å². The molecule has 0 aromatic carbocycles. The Morgan fingerprint density at radius 2 is 2.27 bits per heavy atom. The molecule has 0 fully saturated rings. The Hall–Kier alpha value is -0.870. The SMILES string of the molecule is COCCCCNCCn1ccnc1C. The molecule has 1 aromatic rings. The minimum Gasteiger partial charge on any atom is -0.385 e. The third kappa shape index (κ3) is 4.95. The summed E-state index contributed by atoms with van der Waals surface area (Å²) >= 11 is 0. The van der Waals surface area contributed by atoms with Gasteiger partial charge in [-0.1, -0.05) is 0 Å². The van der Waals surface area contributed by atoms with Crippen molar-refractivity contribution in [2.24, 2.45) is 0 Å². The lowest BCUT2D eigenvalue weighted by Crippen LogP contribution is -2.21. The van der Waals surface area contributed by atoms with Crippen LogP contribution in [0.25, 0.3) is 0 Å². The van der Waals surface area contributed by atoms with Crippen LogP contribution in [0.5, 0.6) is 0 Å². The Bertz CT molecular complexity index is 260. The number of ether oxygens (including phenoxy) is 1. The number of imidazole rings is 1. The van der Waals surface area contributed by atoms with Crippen LogP contribution in [-0.4, -0.2) is 36.4 Å².